The predicted octanol–water partition coefficient (Wildman–Crippen LogP) is 4.80. The zero-order chi connectivity index (χ0) is 19.4. The van der Waals surface area contributed by atoms with E-state index >= 15 is 0 Å². The van der Waals surface area contributed by atoms with Crippen LogP contribution >= 0.6 is 11.6 Å². The van der Waals surface area contributed by atoms with Crippen molar-refractivity contribution in [3.8, 4) is 0 Å². The second-order valence-electron chi connectivity index (χ2n) is 6.50. The molecule has 0 bridgehead atoms. The normalized spacial score (nSPS) is 10.9. The summed E-state index contributed by atoms with van der Waals surface area (Å²) in [6, 6.07) is 12.4. The molecule has 5 nitrogen and oxygen atoms in total. The summed E-state index contributed by atoms with van der Waals surface area (Å²) in [5, 5.41) is 8.88. The number of rotatable bonds is 6. The third-order valence-corrected chi connectivity index (χ3v) is 4.98. The summed E-state index contributed by atoms with van der Waals surface area (Å²) in [5.74, 6) is -0.360. The molecule has 0 fully saturated rings. The van der Waals surface area contributed by atoms with Crippen molar-refractivity contribution in [1.82, 2.24) is 9.78 Å². The Bertz CT molecular complexity index is 1040. The van der Waals surface area contributed by atoms with Gasteiger partial charge in [0.2, 0.25) is 0 Å². The molecule has 0 saturated heterocycles. The first kappa shape index (κ1) is 19.1. The van der Waals surface area contributed by atoms with E-state index in [0.29, 0.717) is 28.0 Å². The zero-order valence-electron chi connectivity index (χ0n) is 15.5. The number of aromatic nitrogens is 2. The van der Waals surface area contributed by atoms with Crippen molar-refractivity contribution in [2.45, 2.75) is 39.7 Å². The van der Waals surface area contributed by atoms with Crippen molar-refractivity contribution in [3.05, 3.63) is 69.1 Å². The topological polar surface area (TPSA) is 64.0 Å². The maximum Gasteiger partial charge on any atom is 0.276 e. The molecule has 1 N–H and O–H groups in total. The van der Waals surface area contributed by atoms with E-state index in [4.69, 9.17) is 11.6 Å². The SMILES string of the molecule is CCCCCn1nc(C(=O)Nc2cccc(Cl)c2C)c2ccccc2c1=O. The first-order valence-electron chi connectivity index (χ1n) is 9.09. The van der Waals surface area contributed by atoms with Crippen LogP contribution in [-0.4, -0.2) is 15.7 Å². The summed E-state index contributed by atoms with van der Waals surface area (Å²) in [7, 11) is 0. The number of hydrogen-bond donors (Lipinski definition) is 1. The van der Waals surface area contributed by atoms with Crippen molar-refractivity contribution in [2.75, 3.05) is 5.32 Å². The van der Waals surface area contributed by atoms with Gasteiger partial charge in [-0.15, -0.1) is 0 Å². The highest BCUT2D eigenvalue weighted by molar-refractivity contribution is 6.31. The molecule has 140 valence electrons. The Balaban J connectivity index is 2.04. The maximum atomic E-state index is 13.0. The van der Waals surface area contributed by atoms with E-state index in [0.717, 1.165) is 24.8 Å². The number of nitrogens with one attached hydrogen (secondary N) is 1. The summed E-state index contributed by atoms with van der Waals surface area (Å²) in [6.45, 7) is 4.44. The zero-order valence-corrected chi connectivity index (χ0v) is 16.2. The first-order valence-corrected chi connectivity index (χ1v) is 9.47. The van der Waals surface area contributed by atoms with Crippen LogP contribution in [0.3, 0.4) is 0 Å². The van der Waals surface area contributed by atoms with Gasteiger partial charge in [-0.25, -0.2) is 4.68 Å². The molecule has 6 heteroatoms. The highest BCUT2D eigenvalue weighted by Gasteiger charge is 2.17. The number of carbonyl (C=O) groups is 1. The minimum Gasteiger partial charge on any atom is -0.320 e. The van der Waals surface area contributed by atoms with Gasteiger partial charge in [-0.05, 0) is 37.1 Å². The molecule has 0 aliphatic rings. The van der Waals surface area contributed by atoms with Crippen molar-refractivity contribution in [1.29, 1.82) is 0 Å². The number of fused-ring (bicyclic) bond motifs is 1. The highest BCUT2D eigenvalue weighted by Crippen LogP contribution is 2.24. The molecule has 0 unspecified atom stereocenters. The lowest BCUT2D eigenvalue weighted by atomic mass is 10.1. The molecule has 1 aromatic heterocycles. The van der Waals surface area contributed by atoms with Crippen LogP contribution in [0.4, 0.5) is 5.69 Å². The smallest absolute Gasteiger partial charge is 0.276 e. The minimum absolute atomic E-state index is 0.169. The number of anilines is 1. The van der Waals surface area contributed by atoms with E-state index in [2.05, 4.69) is 17.3 Å². The fraction of sp³-hybridized carbons (Fsp3) is 0.286. The van der Waals surface area contributed by atoms with Gasteiger partial charge in [0.25, 0.3) is 11.5 Å². The van der Waals surface area contributed by atoms with Gasteiger partial charge < -0.3 is 5.32 Å². The van der Waals surface area contributed by atoms with Crippen molar-refractivity contribution < 1.29 is 4.79 Å². The van der Waals surface area contributed by atoms with Crippen LogP contribution in [0.2, 0.25) is 5.02 Å². The van der Waals surface area contributed by atoms with Crippen LogP contribution in [0.25, 0.3) is 10.8 Å². The highest BCUT2D eigenvalue weighted by atomic mass is 35.5. The first-order chi connectivity index (χ1) is 13.0. The van der Waals surface area contributed by atoms with E-state index < -0.39 is 0 Å². The Morgan fingerprint density at radius 3 is 2.59 bits per heavy atom. The molecule has 0 atom stereocenters. The second-order valence-corrected chi connectivity index (χ2v) is 6.90. The summed E-state index contributed by atoms with van der Waals surface area (Å²) in [6.07, 6.45) is 2.89. The molecule has 0 radical (unpaired) electrons. The molecule has 0 saturated carbocycles. The number of hydrogen-bond acceptors (Lipinski definition) is 3. The average Bonchev–Trinajstić information content (AvgIpc) is 2.67. The summed E-state index contributed by atoms with van der Waals surface area (Å²) < 4.78 is 1.40. The van der Waals surface area contributed by atoms with Gasteiger partial charge in [0, 0.05) is 22.6 Å². The van der Waals surface area contributed by atoms with Crippen LogP contribution in [0.15, 0.2) is 47.3 Å². The van der Waals surface area contributed by atoms with E-state index in [1.807, 2.05) is 6.92 Å². The van der Waals surface area contributed by atoms with Gasteiger partial charge in [-0.1, -0.05) is 55.6 Å². The number of amides is 1. The molecule has 1 heterocycles. The number of unbranched alkanes of at least 4 members (excludes halogenated alkanes) is 2. The number of nitrogens with zero attached hydrogens (tertiary/aromatic N) is 2. The molecule has 3 aromatic rings. The Kier molecular flexibility index (Phi) is 5.91. The van der Waals surface area contributed by atoms with Crippen LogP contribution in [0.5, 0.6) is 0 Å². The molecular formula is C21H22ClN3O2. The molecule has 0 aliphatic heterocycles. The van der Waals surface area contributed by atoms with Crippen molar-refractivity contribution >= 4 is 34.0 Å². The Morgan fingerprint density at radius 2 is 1.85 bits per heavy atom. The van der Waals surface area contributed by atoms with Crippen LogP contribution in [0.1, 0.15) is 42.2 Å². The second kappa shape index (κ2) is 8.35. The van der Waals surface area contributed by atoms with E-state index in [9.17, 15) is 9.59 Å². The van der Waals surface area contributed by atoms with Gasteiger partial charge in [-0.2, -0.15) is 5.10 Å². The third-order valence-electron chi connectivity index (χ3n) is 4.57. The lowest BCUT2D eigenvalue weighted by Gasteiger charge is -2.13. The van der Waals surface area contributed by atoms with Crippen molar-refractivity contribution in [3.63, 3.8) is 0 Å². The van der Waals surface area contributed by atoms with Crippen LogP contribution < -0.4 is 10.9 Å². The fourth-order valence-electron chi connectivity index (χ4n) is 2.99. The number of aryl methyl sites for hydroxylation is 1. The molecule has 0 aliphatic carbocycles. The molecule has 2 aromatic carbocycles. The fourth-order valence-corrected chi connectivity index (χ4v) is 3.16. The standard InChI is InChI=1S/C21H22ClN3O2/c1-3-4-7-13-25-21(27)16-10-6-5-9-15(16)19(24-25)20(26)23-18-12-8-11-17(22)14(18)2/h5-6,8-12H,3-4,7,13H2,1-2H3,(H,23,26). The predicted molar refractivity (Wildman–Crippen MR) is 110 cm³/mol. The number of carbonyl (C=O) groups excluding carboxylic acids is 1. The van der Waals surface area contributed by atoms with Crippen molar-refractivity contribution in [2.24, 2.45) is 0 Å². The molecular weight excluding hydrogens is 362 g/mol. The van der Waals surface area contributed by atoms with E-state index in [-0.39, 0.29) is 17.2 Å². The largest absolute Gasteiger partial charge is 0.320 e. The van der Waals surface area contributed by atoms with Gasteiger partial charge in [-0.3, -0.25) is 9.59 Å². The Hall–Kier alpha value is -2.66. The van der Waals surface area contributed by atoms with Crippen LogP contribution in [0, 0.1) is 6.92 Å². The lowest BCUT2D eigenvalue weighted by Crippen LogP contribution is -2.28. The van der Waals surface area contributed by atoms with Gasteiger partial charge in [0.15, 0.2) is 5.69 Å². The Labute approximate surface area is 163 Å². The monoisotopic (exact) mass is 383 g/mol. The minimum atomic E-state index is -0.360. The third kappa shape index (κ3) is 4.03. The average molecular weight is 384 g/mol. The van der Waals surface area contributed by atoms with Gasteiger partial charge in [0.1, 0.15) is 0 Å². The lowest BCUT2D eigenvalue weighted by molar-refractivity contribution is 0.102. The van der Waals surface area contributed by atoms with Gasteiger partial charge in [0.05, 0.1) is 5.39 Å². The van der Waals surface area contributed by atoms with Crippen LogP contribution in [-0.2, 0) is 6.54 Å². The quantitative estimate of drug-likeness (QED) is 0.622. The van der Waals surface area contributed by atoms with E-state index in [1.165, 1.54) is 4.68 Å². The molecule has 1 amide bonds. The molecule has 27 heavy (non-hydrogen) atoms. The van der Waals surface area contributed by atoms with E-state index in [1.54, 1.807) is 42.5 Å². The summed E-state index contributed by atoms with van der Waals surface area (Å²) in [5.41, 5.74) is 1.48. The maximum absolute atomic E-state index is 13.0. The Morgan fingerprint density at radius 1 is 1.11 bits per heavy atom. The summed E-state index contributed by atoms with van der Waals surface area (Å²) >= 11 is 6.14. The molecule has 0 spiro atoms. The molecule has 3 rings (SSSR count). The number of benzene rings is 2. The number of halogens is 1. The van der Waals surface area contributed by atoms with Gasteiger partial charge >= 0.3 is 0 Å². The summed E-state index contributed by atoms with van der Waals surface area (Å²) in [4.78, 5) is 25.7.